The van der Waals surface area contributed by atoms with Crippen LogP contribution < -0.4 is 5.73 Å². The SMILES string of the molecule is COC(C)(C)c1noc([C@@H](N)Cc2ccccc2)n1. The highest BCUT2D eigenvalue weighted by Gasteiger charge is 2.27. The van der Waals surface area contributed by atoms with Crippen LogP contribution in [0.1, 0.15) is 37.2 Å². The highest BCUT2D eigenvalue weighted by atomic mass is 16.5. The van der Waals surface area contributed by atoms with Crippen LogP contribution in [-0.4, -0.2) is 17.3 Å². The van der Waals surface area contributed by atoms with Crippen molar-refractivity contribution >= 4 is 0 Å². The van der Waals surface area contributed by atoms with Crippen molar-refractivity contribution in [3.05, 3.63) is 47.6 Å². The van der Waals surface area contributed by atoms with E-state index < -0.39 is 5.60 Å². The number of hydrogen-bond acceptors (Lipinski definition) is 5. The fourth-order valence-electron chi connectivity index (χ4n) is 1.68. The number of hydrogen-bond donors (Lipinski definition) is 1. The smallest absolute Gasteiger partial charge is 0.244 e. The van der Waals surface area contributed by atoms with Crippen LogP contribution in [0.4, 0.5) is 0 Å². The van der Waals surface area contributed by atoms with E-state index in [4.69, 9.17) is 15.0 Å². The van der Waals surface area contributed by atoms with Crippen molar-refractivity contribution < 1.29 is 9.26 Å². The second-order valence-corrected chi connectivity index (χ2v) is 4.97. The predicted molar refractivity (Wildman–Crippen MR) is 71.4 cm³/mol. The monoisotopic (exact) mass is 261 g/mol. The van der Waals surface area contributed by atoms with E-state index in [1.165, 1.54) is 0 Å². The second-order valence-electron chi connectivity index (χ2n) is 4.97. The summed E-state index contributed by atoms with van der Waals surface area (Å²) in [7, 11) is 1.61. The maximum atomic E-state index is 6.09. The Balaban J connectivity index is 2.10. The molecule has 2 N–H and O–H groups in total. The minimum Gasteiger partial charge on any atom is -0.371 e. The molecule has 0 aliphatic rings. The first kappa shape index (κ1) is 13.7. The molecule has 0 aliphatic carbocycles. The largest absolute Gasteiger partial charge is 0.371 e. The third-order valence-electron chi connectivity index (χ3n) is 3.11. The van der Waals surface area contributed by atoms with Crippen LogP contribution in [0.2, 0.25) is 0 Å². The van der Waals surface area contributed by atoms with Gasteiger partial charge in [0.05, 0.1) is 6.04 Å². The van der Waals surface area contributed by atoms with Crippen LogP contribution in [0.5, 0.6) is 0 Å². The fourth-order valence-corrected chi connectivity index (χ4v) is 1.68. The maximum absolute atomic E-state index is 6.09. The molecule has 1 atom stereocenters. The highest BCUT2D eigenvalue weighted by Crippen LogP contribution is 2.22. The number of nitrogens with zero attached hydrogens (tertiary/aromatic N) is 2. The van der Waals surface area contributed by atoms with Crippen LogP contribution in [0, 0.1) is 0 Å². The molecule has 19 heavy (non-hydrogen) atoms. The van der Waals surface area contributed by atoms with Crippen molar-refractivity contribution in [3.8, 4) is 0 Å². The van der Waals surface area contributed by atoms with Gasteiger partial charge in [-0.25, -0.2) is 0 Å². The summed E-state index contributed by atoms with van der Waals surface area (Å²) in [5, 5.41) is 3.93. The molecule has 0 amide bonds. The number of methoxy groups -OCH3 is 1. The Morgan fingerprint density at radius 3 is 2.63 bits per heavy atom. The lowest BCUT2D eigenvalue weighted by atomic mass is 10.1. The molecule has 0 spiro atoms. The van der Waals surface area contributed by atoms with Crippen LogP contribution in [0.3, 0.4) is 0 Å². The van der Waals surface area contributed by atoms with Crippen molar-refractivity contribution in [3.63, 3.8) is 0 Å². The van der Waals surface area contributed by atoms with Gasteiger partial charge in [0.1, 0.15) is 5.60 Å². The quantitative estimate of drug-likeness (QED) is 0.893. The van der Waals surface area contributed by atoms with E-state index in [9.17, 15) is 0 Å². The van der Waals surface area contributed by atoms with Crippen molar-refractivity contribution in [1.29, 1.82) is 0 Å². The molecule has 0 aliphatic heterocycles. The molecule has 1 heterocycles. The minimum atomic E-state index is -0.575. The van der Waals surface area contributed by atoms with E-state index in [0.717, 1.165) is 5.56 Å². The van der Waals surface area contributed by atoms with Gasteiger partial charge in [-0.2, -0.15) is 4.98 Å². The van der Waals surface area contributed by atoms with Crippen LogP contribution in [0.25, 0.3) is 0 Å². The van der Waals surface area contributed by atoms with Gasteiger partial charge in [0.2, 0.25) is 11.7 Å². The number of rotatable bonds is 5. The van der Waals surface area contributed by atoms with E-state index in [1.54, 1.807) is 7.11 Å². The average molecular weight is 261 g/mol. The van der Waals surface area contributed by atoms with Crippen molar-refractivity contribution in [2.75, 3.05) is 7.11 Å². The van der Waals surface area contributed by atoms with Gasteiger partial charge in [0.25, 0.3) is 0 Å². The zero-order valence-corrected chi connectivity index (χ0v) is 11.5. The molecule has 102 valence electrons. The molecule has 1 aromatic heterocycles. The van der Waals surface area contributed by atoms with Gasteiger partial charge in [0.15, 0.2) is 0 Å². The fraction of sp³-hybridized carbons (Fsp3) is 0.429. The first-order chi connectivity index (χ1) is 9.03. The van der Waals surface area contributed by atoms with E-state index in [2.05, 4.69) is 10.1 Å². The Hall–Kier alpha value is -1.72. The molecule has 5 nitrogen and oxygen atoms in total. The molecular formula is C14H19N3O2. The topological polar surface area (TPSA) is 74.2 Å². The van der Waals surface area contributed by atoms with Crippen LogP contribution in [-0.2, 0) is 16.8 Å². The van der Waals surface area contributed by atoms with Crippen LogP contribution >= 0.6 is 0 Å². The van der Waals surface area contributed by atoms with Crippen molar-refractivity contribution in [2.45, 2.75) is 31.9 Å². The van der Waals surface area contributed by atoms with E-state index in [0.29, 0.717) is 18.1 Å². The number of nitrogens with two attached hydrogens (primary N) is 1. The number of ether oxygens (including phenoxy) is 1. The van der Waals surface area contributed by atoms with E-state index in [-0.39, 0.29) is 6.04 Å². The minimum absolute atomic E-state index is 0.309. The lowest BCUT2D eigenvalue weighted by Crippen LogP contribution is -2.21. The van der Waals surface area contributed by atoms with Gasteiger partial charge in [0, 0.05) is 7.11 Å². The zero-order valence-electron chi connectivity index (χ0n) is 11.5. The Bertz CT molecular complexity index is 522. The Labute approximate surface area is 112 Å². The molecule has 5 heteroatoms. The summed E-state index contributed by atoms with van der Waals surface area (Å²) >= 11 is 0. The summed E-state index contributed by atoms with van der Waals surface area (Å²) in [4.78, 5) is 4.32. The molecule has 0 bridgehead atoms. The number of aromatic nitrogens is 2. The lowest BCUT2D eigenvalue weighted by Gasteiger charge is -2.17. The molecule has 0 radical (unpaired) electrons. The normalized spacial score (nSPS) is 13.5. The molecule has 0 unspecified atom stereocenters. The molecule has 2 aromatic rings. The molecular weight excluding hydrogens is 242 g/mol. The number of benzene rings is 1. The molecule has 0 saturated heterocycles. The Kier molecular flexibility index (Phi) is 3.97. The Morgan fingerprint density at radius 2 is 2.00 bits per heavy atom. The lowest BCUT2D eigenvalue weighted by molar-refractivity contribution is 0.00973. The van der Waals surface area contributed by atoms with E-state index in [1.807, 2.05) is 44.2 Å². The third-order valence-corrected chi connectivity index (χ3v) is 3.11. The van der Waals surface area contributed by atoms with Gasteiger partial charge < -0.3 is 15.0 Å². The van der Waals surface area contributed by atoms with Gasteiger partial charge in [-0.3, -0.25) is 0 Å². The first-order valence-corrected chi connectivity index (χ1v) is 6.21. The standard InChI is InChI=1S/C14H19N3O2/c1-14(2,18-3)13-16-12(19-17-13)11(15)9-10-7-5-4-6-8-10/h4-8,11H,9,15H2,1-3H3/t11-/m0/s1. The summed E-state index contributed by atoms with van der Waals surface area (Å²) in [6.45, 7) is 3.76. The van der Waals surface area contributed by atoms with Gasteiger partial charge >= 0.3 is 0 Å². The summed E-state index contributed by atoms with van der Waals surface area (Å²) in [6.07, 6.45) is 0.663. The first-order valence-electron chi connectivity index (χ1n) is 6.21. The van der Waals surface area contributed by atoms with Crippen molar-refractivity contribution in [1.82, 2.24) is 10.1 Å². The molecule has 0 saturated carbocycles. The molecule has 0 fully saturated rings. The highest BCUT2D eigenvalue weighted by molar-refractivity contribution is 5.16. The average Bonchev–Trinajstić information content (AvgIpc) is 2.90. The van der Waals surface area contributed by atoms with E-state index >= 15 is 0 Å². The van der Waals surface area contributed by atoms with Gasteiger partial charge in [-0.15, -0.1) is 0 Å². The summed E-state index contributed by atoms with van der Waals surface area (Å²) in [5.74, 6) is 0.942. The summed E-state index contributed by atoms with van der Waals surface area (Å²) in [5.41, 5.74) is 6.65. The summed E-state index contributed by atoms with van der Waals surface area (Å²) < 4.78 is 10.5. The summed E-state index contributed by atoms with van der Waals surface area (Å²) in [6, 6.07) is 9.68. The third kappa shape index (κ3) is 3.19. The Morgan fingerprint density at radius 1 is 1.32 bits per heavy atom. The predicted octanol–water partition coefficient (Wildman–Crippen LogP) is 2.19. The molecule has 1 aromatic carbocycles. The zero-order chi connectivity index (χ0) is 13.9. The second kappa shape index (κ2) is 5.50. The van der Waals surface area contributed by atoms with Gasteiger partial charge in [-0.1, -0.05) is 35.5 Å². The van der Waals surface area contributed by atoms with Crippen LogP contribution in [0.15, 0.2) is 34.9 Å². The van der Waals surface area contributed by atoms with Gasteiger partial charge in [-0.05, 0) is 25.8 Å². The molecule has 2 rings (SSSR count). The maximum Gasteiger partial charge on any atom is 0.244 e. The van der Waals surface area contributed by atoms with Crippen molar-refractivity contribution in [2.24, 2.45) is 5.73 Å².